The Morgan fingerprint density at radius 3 is 2.60 bits per heavy atom. The van der Waals surface area contributed by atoms with Crippen molar-refractivity contribution in [2.24, 2.45) is 5.73 Å². The zero-order valence-corrected chi connectivity index (χ0v) is 3.33. The fraction of sp³-hybridized carbons (Fsp3) is 0. The molecule has 0 atom stereocenters. The topological polar surface area (TPSA) is 46.2 Å². The van der Waals surface area contributed by atoms with Crippen molar-refractivity contribution in [3.8, 4) is 0 Å². The van der Waals surface area contributed by atoms with E-state index in [4.69, 9.17) is 12.1 Å². The molecular weight excluding hydrogens is 84.9 g/mol. The van der Waals surface area contributed by atoms with Gasteiger partial charge in [0.1, 0.15) is 0 Å². The van der Waals surface area contributed by atoms with Crippen molar-refractivity contribution in [1.29, 1.82) is 1.34 Å². The summed E-state index contributed by atoms with van der Waals surface area (Å²) in [6.07, 6.45) is 0. The molecular formula is CH4BNOS. The highest BCUT2D eigenvalue weighted by atomic mass is 32.1. The van der Waals surface area contributed by atoms with Gasteiger partial charge in [-0.2, -0.15) is 0 Å². The molecule has 0 saturated carbocycles. The van der Waals surface area contributed by atoms with E-state index in [9.17, 15) is 0 Å². The molecule has 5 heavy (non-hydrogen) atoms. The highest BCUT2D eigenvalue weighted by molar-refractivity contribution is 7.83. The molecule has 0 amide bonds. The summed E-state index contributed by atoms with van der Waals surface area (Å²) in [4.78, 5) is -0.185. The molecule has 0 rings (SSSR count). The van der Waals surface area contributed by atoms with Crippen LogP contribution in [0.25, 0.3) is 0 Å². The smallest absolute Gasteiger partial charge is 0.336 e. The van der Waals surface area contributed by atoms with Gasteiger partial charge in [-0.05, 0) is 0 Å². The molecule has 0 fully saturated rings. The molecule has 2 nitrogen and oxygen atoms in total. The standard InChI is InChI=1S/CH4BNOS/c3-1(5)2-4/h2,4H,(H2,3,5)/i2D. The number of hydrogen-bond donors (Lipinski definition) is 2. The van der Waals surface area contributed by atoms with E-state index >= 15 is 0 Å². The van der Waals surface area contributed by atoms with Crippen LogP contribution in [0.5, 0.6) is 0 Å². The van der Waals surface area contributed by atoms with Gasteiger partial charge in [0.2, 0.25) is 0 Å². The third-order valence-electron chi connectivity index (χ3n) is 0.127. The van der Waals surface area contributed by atoms with E-state index in [-0.39, 0.29) is 4.89 Å². The Hall–Kier alpha value is -0.0851. The van der Waals surface area contributed by atoms with Crippen LogP contribution in [0.15, 0.2) is 0 Å². The second-order valence-electron chi connectivity index (χ2n) is 0.531. The van der Waals surface area contributed by atoms with Gasteiger partial charge < -0.3 is 10.8 Å². The molecule has 0 saturated heterocycles. The maximum atomic E-state index is 8.03. The van der Waals surface area contributed by atoms with Crippen molar-refractivity contribution >= 4 is 24.6 Å². The van der Waals surface area contributed by atoms with E-state index in [1.54, 1.807) is 0 Å². The molecule has 3 N–H and O–H groups in total. The van der Waals surface area contributed by atoms with E-state index < -0.39 is 7.45 Å². The van der Waals surface area contributed by atoms with Gasteiger partial charge in [-0.15, -0.1) is 0 Å². The molecule has 0 aliphatic carbocycles. The Balaban J connectivity index is 3.26. The van der Waals surface area contributed by atoms with Gasteiger partial charge in [-0.3, -0.25) is 0 Å². The minimum absolute atomic E-state index is 0.185. The van der Waals surface area contributed by atoms with Crippen LogP contribution < -0.4 is 5.73 Å². The maximum absolute atomic E-state index is 8.03. The van der Waals surface area contributed by atoms with Gasteiger partial charge >= 0.3 is 7.45 Å². The largest absolute Gasteiger partial charge is 0.448 e. The van der Waals surface area contributed by atoms with Crippen molar-refractivity contribution in [1.82, 2.24) is 0 Å². The molecule has 28 valence electrons. The van der Waals surface area contributed by atoms with Crippen LogP contribution in [0.4, 0.5) is 0 Å². The van der Waals surface area contributed by atoms with Crippen molar-refractivity contribution in [2.45, 2.75) is 0 Å². The summed E-state index contributed by atoms with van der Waals surface area (Å²) in [5, 5.41) is 8.03. The fourth-order valence-electron chi connectivity index (χ4n) is 0. The summed E-state index contributed by atoms with van der Waals surface area (Å²) in [6.45, 7) is 0. The molecule has 0 heterocycles. The molecule has 0 aliphatic heterocycles. The first-order valence-electron chi connectivity index (χ1n) is 1.62. The molecule has 0 radical (unpaired) electrons. The van der Waals surface area contributed by atoms with Gasteiger partial charge in [-0.25, -0.2) is 0 Å². The minimum Gasteiger partial charge on any atom is -0.448 e. The number of thiocarbonyl (C=S) groups is 1. The van der Waals surface area contributed by atoms with Gasteiger partial charge in [0.05, 0.1) is 4.89 Å². The van der Waals surface area contributed by atoms with Crippen LogP contribution in [0.1, 0.15) is 0 Å². The van der Waals surface area contributed by atoms with E-state index in [0.717, 1.165) is 0 Å². The first kappa shape index (κ1) is 3.12. The molecule has 0 aromatic carbocycles. The number of nitrogens with two attached hydrogens (primary N) is 1. The summed E-state index contributed by atoms with van der Waals surface area (Å²) in [6, 6.07) is 0. The lowest BCUT2D eigenvalue weighted by molar-refractivity contribution is 0.618. The van der Waals surface area contributed by atoms with Crippen LogP contribution in [-0.4, -0.2) is 18.7 Å². The monoisotopic (exact) mass is 90.0 g/mol. The first-order valence-corrected chi connectivity index (χ1v) is 1.45. The summed E-state index contributed by atoms with van der Waals surface area (Å²) in [7, 11) is -1.39. The highest BCUT2D eigenvalue weighted by Gasteiger charge is 1.79. The number of hydrogen-bond acceptors (Lipinski definition) is 2. The van der Waals surface area contributed by atoms with E-state index in [0.29, 0.717) is 0 Å². The Morgan fingerprint density at radius 2 is 2.60 bits per heavy atom. The van der Waals surface area contributed by atoms with Crippen molar-refractivity contribution in [3.63, 3.8) is 0 Å². The van der Waals surface area contributed by atoms with Crippen molar-refractivity contribution in [2.75, 3.05) is 0 Å². The fourth-order valence-corrected chi connectivity index (χ4v) is 0. The zero-order valence-electron chi connectivity index (χ0n) is 3.51. The maximum Gasteiger partial charge on any atom is 0.336 e. The van der Waals surface area contributed by atoms with Crippen molar-refractivity contribution in [3.05, 3.63) is 0 Å². The minimum atomic E-state index is -1.39. The van der Waals surface area contributed by atoms with Crippen LogP contribution in [-0.2, 0) is 0 Å². The van der Waals surface area contributed by atoms with Gasteiger partial charge in [-0.1, -0.05) is 12.2 Å². The quantitative estimate of drug-likeness (QED) is 0.306. The molecule has 0 aromatic heterocycles. The third kappa shape index (κ3) is 3.91. The molecule has 0 unspecified atom stereocenters. The molecule has 0 aromatic rings. The zero-order chi connectivity index (χ0) is 5.15. The van der Waals surface area contributed by atoms with Gasteiger partial charge in [0.15, 0.2) is 0 Å². The van der Waals surface area contributed by atoms with Crippen LogP contribution in [0.3, 0.4) is 0 Å². The van der Waals surface area contributed by atoms with Gasteiger partial charge in [0, 0.05) is 1.34 Å². The van der Waals surface area contributed by atoms with E-state index in [2.05, 4.69) is 12.2 Å². The molecule has 0 aliphatic rings. The normalized spacial score (nSPS) is 9.40. The highest BCUT2D eigenvalue weighted by Crippen LogP contribution is 1.49. The third-order valence-corrected chi connectivity index (χ3v) is 0.233. The Bertz CT molecular complexity index is 66.6. The average molecular weight is 89.9 g/mol. The SMILES string of the molecule is [2H]B(O)C(N)=S. The predicted molar refractivity (Wildman–Crippen MR) is 26.2 cm³/mol. The summed E-state index contributed by atoms with van der Waals surface area (Å²) in [5.74, 6) is 0. The lowest BCUT2D eigenvalue weighted by Crippen LogP contribution is -2.15. The molecule has 0 spiro atoms. The Morgan fingerprint density at radius 1 is 2.40 bits per heavy atom. The van der Waals surface area contributed by atoms with E-state index in [1.807, 2.05) is 0 Å². The second-order valence-corrected chi connectivity index (χ2v) is 1.00. The van der Waals surface area contributed by atoms with Crippen molar-refractivity contribution < 1.29 is 5.02 Å². The summed E-state index contributed by atoms with van der Waals surface area (Å²) >= 11 is 4.16. The second kappa shape index (κ2) is 2.17. The lowest BCUT2D eigenvalue weighted by atomic mass is 10.1. The average Bonchev–Trinajstić information content (AvgIpc) is 1.36. The first-order chi connectivity index (χ1) is 2.64. The lowest BCUT2D eigenvalue weighted by Gasteiger charge is -1.74. The Labute approximate surface area is 37.6 Å². The summed E-state index contributed by atoms with van der Waals surface area (Å²) < 4.78 is 6.32. The molecule has 0 bridgehead atoms. The number of rotatable bonds is 1. The molecule has 4 heteroatoms. The van der Waals surface area contributed by atoms with Crippen LogP contribution in [0.2, 0.25) is 0 Å². The Kier molecular flexibility index (Phi) is 1.35. The van der Waals surface area contributed by atoms with E-state index in [1.165, 1.54) is 0 Å². The van der Waals surface area contributed by atoms with Crippen LogP contribution in [0, 0.1) is 0 Å². The predicted octanol–water partition coefficient (Wildman–Crippen LogP) is -1.43. The summed E-state index contributed by atoms with van der Waals surface area (Å²) in [5.41, 5.74) is 4.73. The van der Waals surface area contributed by atoms with Crippen LogP contribution >= 0.6 is 12.2 Å². The van der Waals surface area contributed by atoms with Gasteiger partial charge in [0.25, 0.3) is 0 Å².